The standard InChI is InChI=1S/C30H37FN6O4/c1-30(2,3)41-29(40)35-25-14-9-8-13-24(25)33-27(38)26-16-15-21(19-32-26)20-37(18-10-17-36(4)5)28(39)34-23-12-7-6-11-22(23)31/h6-9,11-16,19H,10,17-18,20H2,1-5H3,(H,33,38)(H,34,39)(H,35,40). The van der Waals surface area contributed by atoms with Gasteiger partial charge < -0.3 is 25.2 Å². The molecule has 1 aromatic heterocycles. The molecule has 10 nitrogen and oxygen atoms in total. The van der Waals surface area contributed by atoms with Crippen molar-refractivity contribution in [2.24, 2.45) is 0 Å². The van der Waals surface area contributed by atoms with Crippen LogP contribution in [0.1, 0.15) is 43.2 Å². The smallest absolute Gasteiger partial charge is 0.412 e. The van der Waals surface area contributed by atoms with Gasteiger partial charge in [-0.15, -0.1) is 0 Å². The Kier molecular flexibility index (Phi) is 10.8. The molecule has 2 aromatic carbocycles. The zero-order valence-corrected chi connectivity index (χ0v) is 24.0. The molecular weight excluding hydrogens is 527 g/mol. The second-order valence-corrected chi connectivity index (χ2v) is 10.7. The summed E-state index contributed by atoms with van der Waals surface area (Å²) in [6.07, 6.45) is 1.59. The summed E-state index contributed by atoms with van der Waals surface area (Å²) >= 11 is 0. The Morgan fingerprint density at radius 2 is 1.49 bits per heavy atom. The Labute approximate surface area is 239 Å². The van der Waals surface area contributed by atoms with Crippen LogP contribution >= 0.6 is 0 Å². The molecule has 3 aromatic rings. The van der Waals surface area contributed by atoms with Crippen molar-refractivity contribution in [3.8, 4) is 0 Å². The van der Waals surface area contributed by atoms with Gasteiger partial charge in [0, 0.05) is 19.3 Å². The van der Waals surface area contributed by atoms with Gasteiger partial charge in [-0.25, -0.2) is 14.0 Å². The van der Waals surface area contributed by atoms with E-state index in [0.717, 1.165) is 6.54 Å². The molecule has 0 aliphatic rings. The van der Waals surface area contributed by atoms with Gasteiger partial charge in [0.1, 0.15) is 17.1 Å². The molecule has 0 radical (unpaired) electrons. The van der Waals surface area contributed by atoms with E-state index in [0.29, 0.717) is 29.9 Å². The zero-order chi connectivity index (χ0) is 30.0. The van der Waals surface area contributed by atoms with Crippen molar-refractivity contribution in [3.63, 3.8) is 0 Å². The molecule has 0 fully saturated rings. The third-order valence-corrected chi connectivity index (χ3v) is 5.68. The highest BCUT2D eigenvalue weighted by molar-refractivity contribution is 6.05. The van der Waals surface area contributed by atoms with E-state index in [9.17, 15) is 18.8 Å². The summed E-state index contributed by atoms with van der Waals surface area (Å²) in [5.41, 5.74) is 1.03. The van der Waals surface area contributed by atoms with Crippen LogP contribution < -0.4 is 16.0 Å². The normalized spacial score (nSPS) is 11.1. The van der Waals surface area contributed by atoms with Gasteiger partial charge in [0.25, 0.3) is 5.91 Å². The highest BCUT2D eigenvalue weighted by Crippen LogP contribution is 2.23. The summed E-state index contributed by atoms with van der Waals surface area (Å²) in [7, 11) is 3.90. The van der Waals surface area contributed by atoms with Crippen LogP contribution in [0.4, 0.5) is 31.0 Å². The predicted octanol–water partition coefficient (Wildman–Crippen LogP) is 5.81. The lowest BCUT2D eigenvalue weighted by molar-refractivity contribution is 0.0635. The van der Waals surface area contributed by atoms with E-state index in [1.807, 2.05) is 19.0 Å². The molecular formula is C30H37FN6O4. The summed E-state index contributed by atoms with van der Waals surface area (Å²) < 4.78 is 19.4. The molecule has 0 aliphatic heterocycles. The van der Waals surface area contributed by atoms with Gasteiger partial charge in [0.2, 0.25) is 0 Å². The number of aromatic nitrogens is 1. The fraction of sp³-hybridized carbons (Fsp3) is 0.333. The third-order valence-electron chi connectivity index (χ3n) is 5.68. The average molecular weight is 565 g/mol. The van der Waals surface area contributed by atoms with Crippen LogP contribution in [0.25, 0.3) is 0 Å². The van der Waals surface area contributed by atoms with Crippen molar-refractivity contribution in [3.05, 3.63) is 83.9 Å². The number of hydrogen-bond donors (Lipinski definition) is 3. The quantitative estimate of drug-likeness (QED) is 0.286. The molecule has 0 atom stereocenters. The summed E-state index contributed by atoms with van der Waals surface area (Å²) in [6.45, 7) is 6.69. The van der Waals surface area contributed by atoms with Crippen LogP contribution in [0.3, 0.4) is 0 Å². The molecule has 1 heterocycles. The minimum atomic E-state index is -0.672. The number of halogens is 1. The van der Waals surface area contributed by atoms with E-state index in [1.54, 1.807) is 74.2 Å². The molecule has 0 saturated carbocycles. The maximum absolute atomic E-state index is 14.1. The average Bonchev–Trinajstić information content (AvgIpc) is 2.89. The van der Waals surface area contributed by atoms with Crippen molar-refractivity contribution < 1.29 is 23.5 Å². The van der Waals surface area contributed by atoms with Gasteiger partial charge >= 0.3 is 12.1 Å². The molecule has 0 saturated heterocycles. The number of benzene rings is 2. The summed E-state index contributed by atoms with van der Waals surface area (Å²) in [4.78, 5) is 46.0. The first kappa shape index (κ1) is 31.0. The number of anilines is 3. The van der Waals surface area contributed by atoms with Gasteiger partial charge in [0.05, 0.1) is 17.1 Å². The van der Waals surface area contributed by atoms with E-state index < -0.39 is 29.4 Å². The number of carbonyl (C=O) groups excluding carboxylic acids is 3. The molecule has 0 bridgehead atoms. The number of urea groups is 1. The van der Waals surface area contributed by atoms with Gasteiger partial charge in [-0.05, 0) is 83.7 Å². The van der Waals surface area contributed by atoms with E-state index in [-0.39, 0.29) is 17.9 Å². The number of carbonyl (C=O) groups is 3. The molecule has 0 aliphatic carbocycles. The first-order chi connectivity index (χ1) is 19.4. The highest BCUT2D eigenvalue weighted by Gasteiger charge is 2.19. The molecule has 3 N–H and O–H groups in total. The maximum Gasteiger partial charge on any atom is 0.412 e. The molecule has 41 heavy (non-hydrogen) atoms. The van der Waals surface area contributed by atoms with Crippen molar-refractivity contribution in [1.82, 2.24) is 14.8 Å². The summed E-state index contributed by atoms with van der Waals surface area (Å²) in [5, 5.41) is 8.03. The van der Waals surface area contributed by atoms with Crippen LogP contribution in [-0.4, -0.2) is 65.6 Å². The second kappa shape index (κ2) is 14.2. The Morgan fingerprint density at radius 1 is 0.854 bits per heavy atom. The molecule has 0 unspecified atom stereocenters. The van der Waals surface area contributed by atoms with Crippen LogP contribution in [0, 0.1) is 5.82 Å². The largest absolute Gasteiger partial charge is 0.444 e. The Bertz CT molecular complexity index is 1340. The Hall–Kier alpha value is -4.51. The minimum Gasteiger partial charge on any atom is -0.444 e. The van der Waals surface area contributed by atoms with Crippen molar-refractivity contribution in [2.75, 3.05) is 43.1 Å². The summed E-state index contributed by atoms with van der Waals surface area (Å²) in [5.74, 6) is -0.996. The summed E-state index contributed by atoms with van der Waals surface area (Å²) in [6, 6.07) is 15.6. The van der Waals surface area contributed by atoms with Crippen LogP contribution in [-0.2, 0) is 11.3 Å². The number of hydrogen-bond acceptors (Lipinski definition) is 6. The lowest BCUT2D eigenvalue weighted by atomic mass is 10.2. The fourth-order valence-corrected chi connectivity index (χ4v) is 3.76. The highest BCUT2D eigenvalue weighted by atomic mass is 19.1. The third kappa shape index (κ3) is 10.2. The van der Waals surface area contributed by atoms with Gasteiger partial charge in [-0.1, -0.05) is 30.3 Å². The minimum absolute atomic E-state index is 0.0988. The second-order valence-electron chi connectivity index (χ2n) is 10.7. The van der Waals surface area contributed by atoms with Crippen LogP contribution in [0.5, 0.6) is 0 Å². The number of para-hydroxylation sites is 3. The molecule has 218 valence electrons. The van der Waals surface area contributed by atoms with Crippen LogP contribution in [0.15, 0.2) is 66.9 Å². The molecule has 0 spiro atoms. The van der Waals surface area contributed by atoms with E-state index in [1.165, 1.54) is 18.3 Å². The molecule has 3 rings (SSSR count). The monoisotopic (exact) mass is 564 g/mol. The first-order valence-electron chi connectivity index (χ1n) is 13.2. The number of pyridine rings is 1. The van der Waals surface area contributed by atoms with E-state index in [2.05, 4.69) is 20.9 Å². The number of amides is 4. The van der Waals surface area contributed by atoms with Gasteiger partial charge in [-0.2, -0.15) is 0 Å². The van der Waals surface area contributed by atoms with Crippen molar-refractivity contribution in [1.29, 1.82) is 0 Å². The van der Waals surface area contributed by atoms with Crippen molar-refractivity contribution >= 4 is 35.1 Å². The lowest BCUT2D eigenvalue weighted by Gasteiger charge is -2.24. The lowest BCUT2D eigenvalue weighted by Crippen LogP contribution is -2.36. The van der Waals surface area contributed by atoms with E-state index >= 15 is 0 Å². The molecule has 11 heteroatoms. The van der Waals surface area contributed by atoms with Crippen molar-refractivity contribution in [2.45, 2.75) is 39.3 Å². The van der Waals surface area contributed by atoms with Crippen LogP contribution in [0.2, 0.25) is 0 Å². The molecule has 4 amide bonds. The predicted molar refractivity (Wildman–Crippen MR) is 157 cm³/mol. The maximum atomic E-state index is 14.1. The SMILES string of the molecule is CN(C)CCCN(Cc1ccc(C(=O)Nc2ccccc2NC(=O)OC(C)(C)C)nc1)C(=O)Nc1ccccc1F. The zero-order valence-electron chi connectivity index (χ0n) is 24.0. The van der Waals surface area contributed by atoms with Gasteiger partial charge in [0.15, 0.2) is 0 Å². The first-order valence-corrected chi connectivity index (χ1v) is 13.2. The number of ether oxygens (including phenoxy) is 1. The number of nitrogens with zero attached hydrogens (tertiary/aromatic N) is 3. The number of nitrogens with one attached hydrogen (secondary N) is 3. The Morgan fingerprint density at radius 3 is 2.07 bits per heavy atom. The van der Waals surface area contributed by atoms with E-state index in [4.69, 9.17) is 4.74 Å². The van der Waals surface area contributed by atoms with Gasteiger partial charge in [-0.3, -0.25) is 15.1 Å². The topological polar surface area (TPSA) is 116 Å². The number of rotatable bonds is 10. The Balaban J connectivity index is 1.68. The fourth-order valence-electron chi connectivity index (χ4n) is 3.76.